The lowest BCUT2D eigenvalue weighted by Crippen LogP contribution is -2.35. The standard InChI is InChI=1S/C14H22N2O/c1-2-13-8-4-3-5-10-16(13)14-9-6-7-12(11-17)15-14/h6-7,9,13,17H,2-5,8,10-11H2,1H3. The molecule has 1 atom stereocenters. The molecule has 3 heteroatoms. The zero-order valence-corrected chi connectivity index (χ0v) is 10.6. The Balaban J connectivity index is 2.21. The maximum absolute atomic E-state index is 9.16. The highest BCUT2D eigenvalue weighted by atomic mass is 16.3. The van der Waals surface area contributed by atoms with E-state index in [1.165, 1.54) is 32.1 Å². The van der Waals surface area contributed by atoms with Gasteiger partial charge in [0.2, 0.25) is 0 Å². The molecule has 1 aliphatic heterocycles. The Labute approximate surface area is 103 Å². The van der Waals surface area contributed by atoms with Crippen LogP contribution < -0.4 is 4.90 Å². The van der Waals surface area contributed by atoms with Crippen LogP contribution in [0.2, 0.25) is 0 Å². The number of nitrogens with zero attached hydrogens (tertiary/aromatic N) is 2. The van der Waals surface area contributed by atoms with E-state index in [2.05, 4.69) is 22.9 Å². The zero-order chi connectivity index (χ0) is 12.1. The SMILES string of the molecule is CCC1CCCCCN1c1cccc(CO)n1. The molecule has 1 aromatic rings. The Kier molecular flexibility index (Phi) is 4.37. The topological polar surface area (TPSA) is 36.4 Å². The molecule has 0 bridgehead atoms. The van der Waals surface area contributed by atoms with Crippen LogP contribution in [-0.4, -0.2) is 22.7 Å². The van der Waals surface area contributed by atoms with E-state index >= 15 is 0 Å². The summed E-state index contributed by atoms with van der Waals surface area (Å²) in [4.78, 5) is 6.95. The number of aliphatic hydroxyl groups is 1. The highest BCUT2D eigenvalue weighted by molar-refractivity contribution is 5.40. The molecule has 17 heavy (non-hydrogen) atoms. The van der Waals surface area contributed by atoms with Crippen molar-refractivity contribution < 1.29 is 5.11 Å². The third-order valence-corrected chi connectivity index (χ3v) is 3.60. The van der Waals surface area contributed by atoms with Gasteiger partial charge in [-0.05, 0) is 31.4 Å². The van der Waals surface area contributed by atoms with Crippen molar-refractivity contribution in [2.45, 2.75) is 51.7 Å². The second-order valence-corrected chi connectivity index (χ2v) is 4.75. The predicted octanol–water partition coefficient (Wildman–Crippen LogP) is 2.73. The third-order valence-electron chi connectivity index (χ3n) is 3.60. The second kappa shape index (κ2) is 6.01. The van der Waals surface area contributed by atoms with Gasteiger partial charge in [0.05, 0.1) is 12.3 Å². The lowest BCUT2D eigenvalue weighted by Gasteiger charge is -2.30. The molecule has 2 rings (SSSR count). The van der Waals surface area contributed by atoms with Crippen molar-refractivity contribution in [1.82, 2.24) is 4.98 Å². The molecular formula is C14H22N2O. The van der Waals surface area contributed by atoms with Crippen LogP contribution in [0.15, 0.2) is 18.2 Å². The quantitative estimate of drug-likeness (QED) is 0.873. The van der Waals surface area contributed by atoms with E-state index in [1.807, 2.05) is 12.1 Å². The minimum Gasteiger partial charge on any atom is -0.390 e. The normalized spacial score (nSPS) is 21.3. The minimum absolute atomic E-state index is 0.0263. The van der Waals surface area contributed by atoms with Crippen molar-refractivity contribution in [2.24, 2.45) is 0 Å². The van der Waals surface area contributed by atoms with Crippen molar-refractivity contribution in [3.63, 3.8) is 0 Å². The smallest absolute Gasteiger partial charge is 0.129 e. The summed E-state index contributed by atoms with van der Waals surface area (Å²) in [6, 6.07) is 6.54. The highest BCUT2D eigenvalue weighted by Crippen LogP contribution is 2.24. The van der Waals surface area contributed by atoms with Crippen LogP contribution in [0.4, 0.5) is 5.82 Å². The van der Waals surface area contributed by atoms with Crippen molar-refractivity contribution in [2.75, 3.05) is 11.4 Å². The summed E-state index contributed by atoms with van der Waals surface area (Å²) in [5.41, 5.74) is 0.765. The van der Waals surface area contributed by atoms with Gasteiger partial charge < -0.3 is 10.0 Å². The highest BCUT2D eigenvalue weighted by Gasteiger charge is 2.20. The lowest BCUT2D eigenvalue weighted by atomic mass is 10.1. The minimum atomic E-state index is 0.0263. The van der Waals surface area contributed by atoms with Crippen molar-refractivity contribution >= 4 is 5.82 Å². The Bertz CT molecular complexity index is 354. The van der Waals surface area contributed by atoms with E-state index < -0.39 is 0 Å². The fourth-order valence-corrected chi connectivity index (χ4v) is 2.62. The summed E-state index contributed by atoms with van der Waals surface area (Å²) >= 11 is 0. The van der Waals surface area contributed by atoms with Crippen LogP contribution in [0, 0.1) is 0 Å². The maximum Gasteiger partial charge on any atom is 0.129 e. The average molecular weight is 234 g/mol. The number of pyridine rings is 1. The summed E-state index contributed by atoms with van der Waals surface area (Å²) in [7, 11) is 0. The first-order valence-corrected chi connectivity index (χ1v) is 6.68. The maximum atomic E-state index is 9.16. The molecule has 1 aromatic heterocycles. The molecule has 0 aliphatic carbocycles. The first-order chi connectivity index (χ1) is 8.35. The largest absolute Gasteiger partial charge is 0.390 e. The van der Waals surface area contributed by atoms with Gasteiger partial charge in [-0.25, -0.2) is 4.98 Å². The van der Waals surface area contributed by atoms with E-state index in [1.54, 1.807) is 0 Å². The van der Waals surface area contributed by atoms with Gasteiger partial charge in [-0.15, -0.1) is 0 Å². The molecule has 0 spiro atoms. The Morgan fingerprint density at radius 2 is 2.24 bits per heavy atom. The van der Waals surface area contributed by atoms with Crippen LogP contribution >= 0.6 is 0 Å². The molecule has 0 saturated carbocycles. The molecule has 1 saturated heterocycles. The predicted molar refractivity (Wildman–Crippen MR) is 70.1 cm³/mol. The molecule has 94 valence electrons. The molecule has 0 amide bonds. The van der Waals surface area contributed by atoms with Crippen LogP contribution in [0.3, 0.4) is 0 Å². The summed E-state index contributed by atoms with van der Waals surface area (Å²) in [6.07, 6.45) is 6.34. The lowest BCUT2D eigenvalue weighted by molar-refractivity contribution is 0.277. The zero-order valence-electron chi connectivity index (χ0n) is 10.6. The number of aliphatic hydroxyl groups excluding tert-OH is 1. The summed E-state index contributed by atoms with van der Waals surface area (Å²) in [5.74, 6) is 1.03. The number of anilines is 1. The summed E-state index contributed by atoms with van der Waals surface area (Å²) in [5, 5.41) is 9.16. The second-order valence-electron chi connectivity index (χ2n) is 4.75. The van der Waals surface area contributed by atoms with Crippen molar-refractivity contribution in [3.05, 3.63) is 23.9 Å². The van der Waals surface area contributed by atoms with E-state index in [9.17, 15) is 0 Å². The van der Waals surface area contributed by atoms with Crippen LogP contribution in [0.1, 0.15) is 44.7 Å². The Morgan fingerprint density at radius 3 is 3.00 bits per heavy atom. The van der Waals surface area contributed by atoms with E-state index in [4.69, 9.17) is 5.11 Å². The van der Waals surface area contributed by atoms with Gasteiger partial charge in [0, 0.05) is 12.6 Å². The summed E-state index contributed by atoms with van der Waals surface area (Å²) in [6.45, 7) is 3.37. The number of hydrogen-bond donors (Lipinski definition) is 1. The molecule has 1 fully saturated rings. The molecule has 1 unspecified atom stereocenters. The first kappa shape index (κ1) is 12.4. The van der Waals surface area contributed by atoms with Crippen LogP contribution in [-0.2, 0) is 6.61 Å². The fraction of sp³-hybridized carbons (Fsp3) is 0.643. The monoisotopic (exact) mass is 234 g/mol. The number of rotatable bonds is 3. The number of hydrogen-bond acceptors (Lipinski definition) is 3. The molecule has 1 N–H and O–H groups in total. The van der Waals surface area contributed by atoms with Gasteiger partial charge in [0.1, 0.15) is 5.82 Å². The molecule has 1 aliphatic rings. The third kappa shape index (κ3) is 2.97. The molecule has 3 nitrogen and oxygen atoms in total. The van der Waals surface area contributed by atoms with Gasteiger partial charge in [-0.3, -0.25) is 0 Å². The van der Waals surface area contributed by atoms with Gasteiger partial charge in [-0.1, -0.05) is 25.8 Å². The van der Waals surface area contributed by atoms with Crippen LogP contribution in [0.25, 0.3) is 0 Å². The fourth-order valence-electron chi connectivity index (χ4n) is 2.62. The molecule has 2 heterocycles. The van der Waals surface area contributed by atoms with Gasteiger partial charge in [0.25, 0.3) is 0 Å². The van der Waals surface area contributed by atoms with E-state index in [0.717, 1.165) is 18.1 Å². The van der Waals surface area contributed by atoms with Gasteiger partial charge >= 0.3 is 0 Å². The first-order valence-electron chi connectivity index (χ1n) is 6.68. The van der Waals surface area contributed by atoms with E-state index in [-0.39, 0.29) is 6.61 Å². The van der Waals surface area contributed by atoms with Gasteiger partial charge in [0.15, 0.2) is 0 Å². The van der Waals surface area contributed by atoms with Crippen molar-refractivity contribution in [3.8, 4) is 0 Å². The average Bonchev–Trinajstić information content (AvgIpc) is 2.63. The molecule has 0 radical (unpaired) electrons. The van der Waals surface area contributed by atoms with Crippen LogP contribution in [0.5, 0.6) is 0 Å². The molecular weight excluding hydrogens is 212 g/mol. The number of aromatic nitrogens is 1. The van der Waals surface area contributed by atoms with Crippen molar-refractivity contribution in [1.29, 1.82) is 0 Å². The van der Waals surface area contributed by atoms with Gasteiger partial charge in [-0.2, -0.15) is 0 Å². The molecule has 0 aromatic carbocycles. The Morgan fingerprint density at radius 1 is 1.35 bits per heavy atom. The Hall–Kier alpha value is -1.09. The van der Waals surface area contributed by atoms with E-state index in [0.29, 0.717) is 6.04 Å². The summed E-state index contributed by atoms with van der Waals surface area (Å²) < 4.78 is 0.